The van der Waals surface area contributed by atoms with Gasteiger partial charge in [-0.2, -0.15) is 0 Å². The van der Waals surface area contributed by atoms with Crippen molar-refractivity contribution in [3.63, 3.8) is 0 Å². The summed E-state index contributed by atoms with van der Waals surface area (Å²) in [7, 11) is 0. The molecule has 0 saturated carbocycles. The number of fused-ring (bicyclic) bond motifs is 2. The van der Waals surface area contributed by atoms with E-state index in [-0.39, 0.29) is 24.2 Å². The summed E-state index contributed by atoms with van der Waals surface area (Å²) in [5, 5.41) is 11.3. The third kappa shape index (κ3) is 3.82. The molecule has 2 aliphatic heterocycles. The first-order valence-electron chi connectivity index (χ1n) is 8.68. The average molecular weight is 396 g/mol. The lowest BCUT2D eigenvalue weighted by atomic mass is 10.00. The first-order chi connectivity index (χ1) is 12.6. The van der Waals surface area contributed by atoms with Gasteiger partial charge in [-0.3, -0.25) is 4.79 Å². The number of carbonyl (C=O) groups is 1. The number of para-hydroxylation sites is 1. The van der Waals surface area contributed by atoms with E-state index in [1.807, 2.05) is 0 Å². The maximum Gasteiger partial charge on any atom is 0.273 e. The van der Waals surface area contributed by atoms with Crippen LogP contribution in [0.5, 0.6) is 5.75 Å². The van der Waals surface area contributed by atoms with Crippen LogP contribution in [0.15, 0.2) is 28.8 Å². The highest BCUT2D eigenvalue weighted by Gasteiger charge is 2.34. The average Bonchev–Trinajstić information content (AvgIpc) is 3.21. The Kier molecular flexibility index (Phi) is 5.07. The highest BCUT2D eigenvalue weighted by atomic mass is 35.5. The zero-order chi connectivity index (χ0) is 18.1. The van der Waals surface area contributed by atoms with Crippen LogP contribution in [-0.4, -0.2) is 29.2 Å². The van der Waals surface area contributed by atoms with Crippen LogP contribution < -0.4 is 15.4 Å². The lowest BCUT2D eigenvalue weighted by Crippen LogP contribution is -2.48. The molecule has 6 nitrogen and oxygen atoms in total. The SMILES string of the molecule is O=C(NC1CC2CCC(C1)N2)c1cc(COc2c(Cl)cccc2Cl)on1. The molecule has 2 N–H and O–H groups in total. The highest BCUT2D eigenvalue weighted by molar-refractivity contribution is 6.37. The van der Waals surface area contributed by atoms with Crippen molar-refractivity contribution >= 4 is 29.1 Å². The van der Waals surface area contributed by atoms with Gasteiger partial charge in [0.1, 0.15) is 6.61 Å². The van der Waals surface area contributed by atoms with Crippen molar-refractivity contribution in [2.45, 2.75) is 50.4 Å². The summed E-state index contributed by atoms with van der Waals surface area (Å²) in [6, 6.07) is 7.90. The van der Waals surface area contributed by atoms with Crippen LogP contribution >= 0.6 is 23.2 Å². The number of nitrogens with one attached hydrogen (secondary N) is 2. The number of benzene rings is 1. The van der Waals surface area contributed by atoms with Crippen molar-refractivity contribution in [2.24, 2.45) is 0 Å². The van der Waals surface area contributed by atoms with Crippen molar-refractivity contribution in [3.8, 4) is 5.75 Å². The minimum atomic E-state index is -0.220. The summed E-state index contributed by atoms with van der Waals surface area (Å²) >= 11 is 12.1. The molecule has 138 valence electrons. The van der Waals surface area contributed by atoms with Gasteiger partial charge in [0.15, 0.2) is 17.2 Å². The zero-order valence-corrected chi connectivity index (χ0v) is 15.5. The van der Waals surface area contributed by atoms with E-state index in [0.29, 0.717) is 33.6 Å². The van der Waals surface area contributed by atoms with Crippen LogP contribution in [0.3, 0.4) is 0 Å². The van der Waals surface area contributed by atoms with Gasteiger partial charge in [-0.25, -0.2) is 0 Å². The van der Waals surface area contributed by atoms with Crippen molar-refractivity contribution in [1.29, 1.82) is 0 Å². The van der Waals surface area contributed by atoms with Gasteiger partial charge in [0.25, 0.3) is 5.91 Å². The van der Waals surface area contributed by atoms with Crippen LogP contribution in [0.25, 0.3) is 0 Å². The highest BCUT2D eigenvalue weighted by Crippen LogP contribution is 2.33. The van der Waals surface area contributed by atoms with Crippen molar-refractivity contribution in [1.82, 2.24) is 15.8 Å². The van der Waals surface area contributed by atoms with Gasteiger partial charge in [-0.05, 0) is 37.8 Å². The van der Waals surface area contributed by atoms with Crippen LogP contribution in [-0.2, 0) is 6.61 Å². The largest absolute Gasteiger partial charge is 0.482 e. The fourth-order valence-corrected chi connectivity index (χ4v) is 4.19. The number of hydrogen-bond acceptors (Lipinski definition) is 5. The number of aromatic nitrogens is 1. The monoisotopic (exact) mass is 395 g/mol. The first kappa shape index (κ1) is 17.6. The summed E-state index contributed by atoms with van der Waals surface area (Å²) in [6.07, 6.45) is 4.29. The number of ether oxygens (including phenoxy) is 1. The lowest BCUT2D eigenvalue weighted by Gasteiger charge is -2.29. The molecule has 0 radical (unpaired) electrons. The molecular formula is C18H19Cl2N3O3. The van der Waals surface area contributed by atoms with E-state index in [1.54, 1.807) is 24.3 Å². The Bertz CT molecular complexity index is 778. The smallest absolute Gasteiger partial charge is 0.273 e. The number of hydrogen-bond donors (Lipinski definition) is 2. The number of nitrogens with zero attached hydrogens (tertiary/aromatic N) is 1. The molecule has 1 aromatic heterocycles. The summed E-state index contributed by atoms with van der Waals surface area (Å²) in [5.74, 6) is 0.585. The van der Waals surface area contributed by atoms with Gasteiger partial charge < -0.3 is 19.9 Å². The van der Waals surface area contributed by atoms with E-state index >= 15 is 0 Å². The standard InChI is InChI=1S/C18H19Cl2N3O3/c19-14-2-1-3-15(20)17(14)25-9-13-8-16(23-26-13)18(24)22-12-6-10-4-5-11(7-12)21-10/h1-3,8,10-12,21H,4-7,9H2,(H,22,24). The number of carbonyl (C=O) groups excluding carboxylic acids is 1. The topological polar surface area (TPSA) is 76.4 Å². The van der Waals surface area contributed by atoms with E-state index in [2.05, 4.69) is 15.8 Å². The van der Waals surface area contributed by atoms with Crippen LogP contribution in [0.2, 0.25) is 10.0 Å². The fraction of sp³-hybridized carbons (Fsp3) is 0.444. The number of amides is 1. The summed E-state index contributed by atoms with van der Waals surface area (Å²) in [5.41, 5.74) is 0.250. The van der Waals surface area contributed by atoms with E-state index < -0.39 is 0 Å². The molecule has 26 heavy (non-hydrogen) atoms. The molecule has 2 unspecified atom stereocenters. The molecular weight excluding hydrogens is 377 g/mol. The molecule has 8 heteroatoms. The normalized spacial score (nSPS) is 24.5. The molecule has 4 rings (SSSR count). The second-order valence-corrected chi connectivity index (χ2v) is 7.61. The van der Waals surface area contributed by atoms with E-state index in [0.717, 1.165) is 12.8 Å². The number of halogens is 2. The van der Waals surface area contributed by atoms with Crippen LogP contribution in [0.4, 0.5) is 0 Å². The van der Waals surface area contributed by atoms with E-state index in [4.69, 9.17) is 32.5 Å². The van der Waals surface area contributed by atoms with Gasteiger partial charge in [0, 0.05) is 24.2 Å². The molecule has 2 fully saturated rings. The molecule has 0 spiro atoms. The van der Waals surface area contributed by atoms with Crippen molar-refractivity contribution in [2.75, 3.05) is 0 Å². The van der Waals surface area contributed by atoms with Crippen LogP contribution in [0, 0.1) is 0 Å². The number of piperidine rings is 1. The predicted molar refractivity (Wildman–Crippen MR) is 97.7 cm³/mol. The lowest BCUT2D eigenvalue weighted by molar-refractivity contribution is 0.0914. The van der Waals surface area contributed by atoms with Crippen molar-refractivity contribution < 1.29 is 14.1 Å². The molecule has 1 amide bonds. The Hall–Kier alpha value is -1.76. The summed E-state index contributed by atoms with van der Waals surface area (Å²) in [6.45, 7) is 0.0846. The van der Waals surface area contributed by atoms with E-state index in [9.17, 15) is 4.79 Å². The third-order valence-corrected chi connectivity index (χ3v) is 5.47. The second kappa shape index (κ2) is 7.47. The minimum absolute atomic E-state index is 0.0846. The molecule has 3 heterocycles. The maximum absolute atomic E-state index is 12.4. The molecule has 2 atom stereocenters. The van der Waals surface area contributed by atoms with E-state index in [1.165, 1.54) is 12.8 Å². The Morgan fingerprint density at radius 1 is 1.27 bits per heavy atom. The Balaban J connectivity index is 1.34. The predicted octanol–water partition coefficient (Wildman–Crippen LogP) is 3.57. The van der Waals surface area contributed by atoms with Gasteiger partial charge in [0.05, 0.1) is 10.0 Å². The number of rotatable bonds is 5. The van der Waals surface area contributed by atoms with Crippen LogP contribution in [0.1, 0.15) is 41.9 Å². The molecule has 2 aromatic rings. The molecule has 2 aliphatic rings. The Morgan fingerprint density at radius 3 is 2.65 bits per heavy atom. The van der Waals surface area contributed by atoms with Crippen molar-refractivity contribution in [3.05, 3.63) is 45.8 Å². The quantitative estimate of drug-likeness (QED) is 0.808. The third-order valence-electron chi connectivity index (χ3n) is 4.88. The van der Waals surface area contributed by atoms with Gasteiger partial charge in [-0.1, -0.05) is 34.4 Å². The fourth-order valence-electron chi connectivity index (χ4n) is 3.69. The molecule has 1 aromatic carbocycles. The van der Waals surface area contributed by atoms with Gasteiger partial charge >= 0.3 is 0 Å². The minimum Gasteiger partial charge on any atom is -0.482 e. The second-order valence-electron chi connectivity index (χ2n) is 6.80. The molecule has 2 saturated heterocycles. The summed E-state index contributed by atoms with van der Waals surface area (Å²) < 4.78 is 10.8. The van der Waals surface area contributed by atoms with Gasteiger partial charge in [0.2, 0.25) is 0 Å². The summed E-state index contributed by atoms with van der Waals surface area (Å²) in [4.78, 5) is 12.4. The molecule has 0 aliphatic carbocycles. The zero-order valence-electron chi connectivity index (χ0n) is 14.0. The molecule has 2 bridgehead atoms. The van der Waals surface area contributed by atoms with Gasteiger partial charge in [-0.15, -0.1) is 0 Å². The maximum atomic E-state index is 12.4. The Morgan fingerprint density at radius 2 is 1.96 bits per heavy atom. The Labute approximate surface area is 161 Å². The first-order valence-corrected chi connectivity index (χ1v) is 9.43.